The third-order valence-corrected chi connectivity index (χ3v) is 8.39. The zero-order valence-electron chi connectivity index (χ0n) is 15.7. The summed E-state index contributed by atoms with van der Waals surface area (Å²) < 4.78 is 18.4. The van der Waals surface area contributed by atoms with E-state index in [1.54, 1.807) is 18.0 Å². The Morgan fingerprint density at radius 1 is 1.15 bits per heavy atom. The molecule has 0 unspecified atom stereocenters. The van der Waals surface area contributed by atoms with E-state index in [2.05, 4.69) is 13.8 Å². The number of furan rings is 1. The highest BCUT2D eigenvalue weighted by Gasteiger charge is 2.69. The first-order valence-electron chi connectivity index (χ1n) is 9.86. The molecule has 6 rings (SSSR count). The molecule has 26 heavy (non-hydrogen) atoms. The molecule has 5 heterocycles. The van der Waals surface area contributed by atoms with Gasteiger partial charge in [0, 0.05) is 12.3 Å². The highest BCUT2D eigenvalue weighted by atomic mass is 32.2. The van der Waals surface area contributed by atoms with Crippen LogP contribution < -0.4 is 0 Å². The Kier molecular flexibility index (Phi) is 4.22. The number of ether oxygens (including phenoxy) is 2. The van der Waals surface area contributed by atoms with E-state index in [1.165, 1.54) is 6.42 Å². The summed E-state index contributed by atoms with van der Waals surface area (Å²) in [7, 11) is 0. The molecule has 1 aliphatic carbocycles. The van der Waals surface area contributed by atoms with Gasteiger partial charge in [-0.2, -0.15) is 0 Å². The van der Waals surface area contributed by atoms with Crippen molar-refractivity contribution in [3.63, 3.8) is 0 Å². The standard InChI is InChI=1S/C20H28O5S/c1-12-6-7-16-13(2)17(26-11-14-5-4-10-21-14)22-18-20(16)15(12)8-9-19(3,23-18)24-25-20/h4-5,10,12-13,15-18H,6-9,11H2,1-3H3/t12-,13-,15+,16+,17-,18-,19-,20-/m1/s1. The molecule has 4 saturated heterocycles. The van der Waals surface area contributed by atoms with E-state index in [9.17, 15) is 0 Å². The zero-order chi connectivity index (χ0) is 17.9. The second-order valence-corrected chi connectivity index (χ2v) is 9.75. The van der Waals surface area contributed by atoms with Crippen LogP contribution in [-0.4, -0.2) is 23.1 Å². The van der Waals surface area contributed by atoms with E-state index in [0.717, 1.165) is 30.8 Å². The average Bonchev–Trinajstić information content (AvgIpc) is 3.04. The van der Waals surface area contributed by atoms with Crippen molar-refractivity contribution in [3.8, 4) is 0 Å². The Morgan fingerprint density at radius 2 is 2.04 bits per heavy atom. The summed E-state index contributed by atoms with van der Waals surface area (Å²) in [4.78, 5) is 12.0. The van der Waals surface area contributed by atoms with Crippen LogP contribution >= 0.6 is 11.8 Å². The number of fused-ring (bicyclic) bond motifs is 2. The molecule has 1 spiro atoms. The first-order chi connectivity index (χ1) is 12.5. The Balaban J connectivity index is 1.45. The molecule has 5 fully saturated rings. The Labute approximate surface area is 159 Å². The van der Waals surface area contributed by atoms with Gasteiger partial charge in [-0.1, -0.05) is 13.8 Å². The number of hydrogen-bond donors (Lipinski definition) is 0. The van der Waals surface area contributed by atoms with Gasteiger partial charge in [0.1, 0.15) is 11.2 Å². The minimum atomic E-state index is -0.700. The largest absolute Gasteiger partial charge is 0.468 e. The van der Waals surface area contributed by atoms with Crippen molar-refractivity contribution in [2.75, 3.05) is 0 Å². The topological polar surface area (TPSA) is 50.1 Å². The van der Waals surface area contributed by atoms with Gasteiger partial charge >= 0.3 is 0 Å². The van der Waals surface area contributed by atoms with E-state index >= 15 is 0 Å². The number of rotatable bonds is 3. The van der Waals surface area contributed by atoms with Crippen molar-refractivity contribution in [2.45, 2.75) is 75.3 Å². The summed E-state index contributed by atoms with van der Waals surface area (Å²) >= 11 is 1.80. The molecule has 1 saturated carbocycles. The van der Waals surface area contributed by atoms with Crippen molar-refractivity contribution < 1.29 is 23.7 Å². The molecule has 5 aliphatic rings. The smallest absolute Gasteiger partial charge is 0.201 e. The predicted octanol–water partition coefficient (Wildman–Crippen LogP) is 4.72. The maximum absolute atomic E-state index is 6.55. The van der Waals surface area contributed by atoms with E-state index < -0.39 is 11.4 Å². The maximum atomic E-state index is 6.55. The van der Waals surface area contributed by atoms with Gasteiger partial charge in [-0.15, -0.1) is 11.8 Å². The van der Waals surface area contributed by atoms with Gasteiger partial charge in [0.15, 0.2) is 11.9 Å². The summed E-state index contributed by atoms with van der Waals surface area (Å²) in [6, 6.07) is 3.95. The molecule has 0 aromatic carbocycles. The second-order valence-electron chi connectivity index (χ2n) is 8.66. The summed E-state index contributed by atoms with van der Waals surface area (Å²) in [5, 5.41) is 0. The highest BCUT2D eigenvalue weighted by Crippen LogP contribution is 2.61. The van der Waals surface area contributed by atoms with Crippen molar-refractivity contribution >= 4 is 11.8 Å². The number of thioether (sulfide) groups is 1. The van der Waals surface area contributed by atoms with Gasteiger partial charge in [-0.25, -0.2) is 9.78 Å². The lowest BCUT2D eigenvalue weighted by Gasteiger charge is -2.60. The molecule has 0 amide bonds. The molecule has 4 aliphatic heterocycles. The lowest BCUT2D eigenvalue weighted by Crippen LogP contribution is -2.70. The van der Waals surface area contributed by atoms with Crippen molar-refractivity contribution in [3.05, 3.63) is 24.2 Å². The lowest BCUT2D eigenvalue weighted by atomic mass is 9.58. The Bertz CT molecular complexity index is 651. The quantitative estimate of drug-likeness (QED) is 0.707. The van der Waals surface area contributed by atoms with Crippen LogP contribution in [0.2, 0.25) is 0 Å². The monoisotopic (exact) mass is 380 g/mol. The molecule has 0 radical (unpaired) electrons. The predicted molar refractivity (Wildman–Crippen MR) is 96.8 cm³/mol. The van der Waals surface area contributed by atoms with E-state index in [-0.39, 0.29) is 11.7 Å². The van der Waals surface area contributed by atoms with Crippen LogP contribution in [0.4, 0.5) is 0 Å². The normalized spacial score (nSPS) is 50.3. The highest BCUT2D eigenvalue weighted by molar-refractivity contribution is 7.99. The van der Waals surface area contributed by atoms with Crippen LogP contribution in [0.15, 0.2) is 22.8 Å². The minimum Gasteiger partial charge on any atom is -0.468 e. The fourth-order valence-electron chi connectivity index (χ4n) is 5.62. The van der Waals surface area contributed by atoms with Crippen LogP contribution in [-0.2, 0) is 25.0 Å². The second kappa shape index (κ2) is 6.24. The molecule has 144 valence electrons. The van der Waals surface area contributed by atoms with Crippen LogP contribution in [0.5, 0.6) is 0 Å². The SMILES string of the molecule is C[C@H]1[C@@H](SCc2ccco2)O[C@@H]2O[C@@]3(C)CC[C@H]4[C@H](C)CC[C@@H]1[C@@]24OO3. The van der Waals surface area contributed by atoms with Crippen LogP contribution in [0.25, 0.3) is 0 Å². The minimum absolute atomic E-state index is 0.0707. The summed E-state index contributed by atoms with van der Waals surface area (Å²) in [6.07, 6.45) is 5.68. The van der Waals surface area contributed by atoms with E-state index in [1.807, 2.05) is 19.1 Å². The molecule has 0 N–H and O–H groups in total. The molecule has 1 aromatic heterocycles. The maximum Gasteiger partial charge on any atom is 0.201 e. The third kappa shape index (κ3) is 2.53. The molecular formula is C20H28O5S. The van der Waals surface area contributed by atoms with E-state index in [4.69, 9.17) is 23.7 Å². The van der Waals surface area contributed by atoms with Gasteiger partial charge in [0.2, 0.25) is 5.79 Å². The summed E-state index contributed by atoms with van der Waals surface area (Å²) in [5.74, 6) is 2.88. The molecule has 2 bridgehead atoms. The van der Waals surface area contributed by atoms with Crippen LogP contribution in [0.1, 0.15) is 52.2 Å². The molecular weight excluding hydrogens is 352 g/mol. The summed E-state index contributed by atoms with van der Waals surface area (Å²) in [5.41, 5.74) is -0.393. The van der Waals surface area contributed by atoms with Gasteiger partial charge in [0.25, 0.3) is 0 Å². The van der Waals surface area contributed by atoms with Gasteiger partial charge in [-0.05, 0) is 56.1 Å². The van der Waals surface area contributed by atoms with Gasteiger partial charge in [0.05, 0.1) is 12.0 Å². The number of hydrogen-bond acceptors (Lipinski definition) is 6. The van der Waals surface area contributed by atoms with Gasteiger partial charge < -0.3 is 13.9 Å². The molecule has 5 nitrogen and oxygen atoms in total. The average molecular weight is 381 g/mol. The molecule has 1 aromatic rings. The third-order valence-electron chi connectivity index (χ3n) is 7.07. The fraction of sp³-hybridized carbons (Fsp3) is 0.800. The lowest BCUT2D eigenvalue weighted by molar-refractivity contribution is -0.568. The Morgan fingerprint density at radius 3 is 2.85 bits per heavy atom. The first kappa shape index (κ1) is 17.6. The van der Waals surface area contributed by atoms with Crippen molar-refractivity contribution in [2.24, 2.45) is 23.7 Å². The Hall–Kier alpha value is -0.530. The van der Waals surface area contributed by atoms with Crippen molar-refractivity contribution in [1.29, 1.82) is 0 Å². The molecule has 6 heteroatoms. The van der Waals surface area contributed by atoms with Crippen molar-refractivity contribution in [1.82, 2.24) is 0 Å². The van der Waals surface area contributed by atoms with Crippen LogP contribution in [0.3, 0.4) is 0 Å². The fourth-order valence-corrected chi connectivity index (χ4v) is 6.79. The summed E-state index contributed by atoms with van der Waals surface area (Å²) in [6.45, 7) is 6.62. The first-order valence-corrected chi connectivity index (χ1v) is 10.9. The van der Waals surface area contributed by atoms with E-state index in [0.29, 0.717) is 23.7 Å². The molecule has 8 atom stereocenters. The van der Waals surface area contributed by atoms with Crippen LogP contribution in [0, 0.1) is 23.7 Å². The zero-order valence-corrected chi connectivity index (χ0v) is 16.5. The van der Waals surface area contributed by atoms with Gasteiger partial charge in [-0.3, -0.25) is 0 Å².